The zero-order chi connectivity index (χ0) is 26.5. The first kappa shape index (κ1) is 28.6. The van der Waals surface area contributed by atoms with E-state index in [1.165, 1.54) is 6.20 Å². The standard InChI is InChI=1S/C22H27BrClN2O9P/c1-3-18(28)32-11-14(2)13-36(31,35-15-7-5-4-6-8-15)33-12-16-19(29)22(23,24)20(34-16)26-10-9-17(27)25-21(26)30/h4-10,14,16,19-20,29H,3,11-13H2,1-2H3,(H,25,27,30)/t14-,16+,19+,20+,22-,36?/m0/s1. The molecule has 198 valence electrons. The highest BCUT2D eigenvalue weighted by atomic mass is 79.9. The summed E-state index contributed by atoms with van der Waals surface area (Å²) >= 11 is 9.65. The predicted molar refractivity (Wildman–Crippen MR) is 135 cm³/mol. The molecule has 1 aliphatic rings. The number of alkyl halides is 2. The Balaban J connectivity index is 1.76. The van der Waals surface area contributed by atoms with Crippen molar-refractivity contribution in [3.05, 3.63) is 63.4 Å². The molecule has 36 heavy (non-hydrogen) atoms. The van der Waals surface area contributed by atoms with Gasteiger partial charge in [-0.15, -0.1) is 0 Å². The molecule has 0 aliphatic carbocycles. The summed E-state index contributed by atoms with van der Waals surface area (Å²) in [6.07, 6.45) is -2.45. The Kier molecular flexibility index (Phi) is 9.59. The van der Waals surface area contributed by atoms with E-state index in [1.54, 1.807) is 44.2 Å². The number of H-pyrrole nitrogens is 1. The Morgan fingerprint density at radius 1 is 1.33 bits per heavy atom. The van der Waals surface area contributed by atoms with E-state index in [1.807, 2.05) is 0 Å². The number of aliphatic hydroxyl groups excluding tert-OH is 1. The average molecular weight is 610 g/mol. The van der Waals surface area contributed by atoms with Crippen LogP contribution in [0.25, 0.3) is 0 Å². The van der Waals surface area contributed by atoms with Crippen molar-refractivity contribution in [3.8, 4) is 5.75 Å². The fraction of sp³-hybridized carbons (Fsp3) is 0.500. The maximum absolute atomic E-state index is 13.7. The number of nitrogens with one attached hydrogen (secondary N) is 1. The number of para-hydroxylation sites is 1. The third-order valence-corrected chi connectivity index (χ3v) is 8.63. The highest BCUT2D eigenvalue weighted by Crippen LogP contribution is 2.52. The smallest absolute Gasteiger partial charge is 0.379 e. The molecule has 11 nitrogen and oxygen atoms in total. The fourth-order valence-electron chi connectivity index (χ4n) is 3.44. The van der Waals surface area contributed by atoms with E-state index >= 15 is 0 Å². The minimum Gasteiger partial charge on any atom is -0.465 e. The lowest BCUT2D eigenvalue weighted by Crippen LogP contribution is -2.40. The van der Waals surface area contributed by atoms with Crippen LogP contribution in [-0.4, -0.2) is 56.0 Å². The molecule has 1 unspecified atom stereocenters. The maximum Gasteiger partial charge on any atom is 0.379 e. The molecule has 1 aromatic carbocycles. The third-order valence-electron chi connectivity index (χ3n) is 5.26. The number of esters is 1. The third kappa shape index (κ3) is 7.08. The van der Waals surface area contributed by atoms with Gasteiger partial charge in [0.15, 0.2) is 10.0 Å². The van der Waals surface area contributed by atoms with Gasteiger partial charge in [-0.1, -0.05) is 59.6 Å². The molecule has 1 aromatic heterocycles. The molecule has 2 aromatic rings. The van der Waals surface area contributed by atoms with Crippen molar-refractivity contribution in [2.45, 2.75) is 42.5 Å². The van der Waals surface area contributed by atoms with Crippen LogP contribution in [0.1, 0.15) is 26.5 Å². The van der Waals surface area contributed by atoms with Crippen LogP contribution in [0.2, 0.25) is 0 Å². The fourth-order valence-corrected chi connectivity index (χ4v) is 6.27. The number of halogens is 2. The Labute approximate surface area is 220 Å². The second-order valence-corrected chi connectivity index (χ2v) is 12.7. The van der Waals surface area contributed by atoms with Crippen LogP contribution in [0.3, 0.4) is 0 Å². The number of rotatable bonds is 11. The number of carbonyl (C=O) groups excluding carboxylic acids is 1. The van der Waals surface area contributed by atoms with Crippen LogP contribution >= 0.6 is 35.1 Å². The number of aliphatic hydroxyl groups is 1. The number of aromatic nitrogens is 2. The van der Waals surface area contributed by atoms with E-state index in [9.17, 15) is 24.1 Å². The van der Waals surface area contributed by atoms with Crippen LogP contribution in [0.15, 0.2) is 52.2 Å². The van der Waals surface area contributed by atoms with Crippen molar-refractivity contribution in [3.63, 3.8) is 0 Å². The average Bonchev–Trinajstić information content (AvgIpc) is 3.05. The summed E-state index contributed by atoms with van der Waals surface area (Å²) in [5.41, 5.74) is -1.40. The van der Waals surface area contributed by atoms with E-state index in [4.69, 9.17) is 30.1 Å². The molecule has 0 radical (unpaired) electrons. The zero-order valence-corrected chi connectivity index (χ0v) is 22.8. The molecule has 0 spiro atoms. The van der Waals surface area contributed by atoms with E-state index in [0.29, 0.717) is 5.75 Å². The SMILES string of the molecule is CCC(=O)OC[C@H](C)CP(=O)(OC[C@H]1O[C@@H](n2ccc(=O)[nH]c2=O)[C@](Cl)(Br)[C@@H]1O)Oc1ccccc1. The zero-order valence-electron chi connectivity index (χ0n) is 19.5. The van der Waals surface area contributed by atoms with Gasteiger partial charge in [-0.2, -0.15) is 0 Å². The van der Waals surface area contributed by atoms with Gasteiger partial charge in [-0.05, 0) is 12.1 Å². The van der Waals surface area contributed by atoms with Gasteiger partial charge in [0, 0.05) is 24.6 Å². The summed E-state index contributed by atoms with van der Waals surface area (Å²) in [5.74, 6) is -0.458. The quantitative estimate of drug-likeness (QED) is 0.223. The summed E-state index contributed by atoms with van der Waals surface area (Å²) in [4.78, 5) is 37.2. The van der Waals surface area contributed by atoms with Gasteiger partial charge >= 0.3 is 19.3 Å². The normalized spacial score (nSPS) is 26.2. The van der Waals surface area contributed by atoms with E-state index < -0.39 is 47.7 Å². The Hall–Kier alpha value is -1.95. The molecule has 3 rings (SSSR count). The lowest BCUT2D eigenvalue weighted by Gasteiger charge is -2.25. The highest BCUT2D eigenvalue weighted by molar-refractivity contribution is 9.10. The molecule has 0 bridgehead atoms. The van der Waals surface area contributed by atoms with Crippen LogP contribution in [-0.2, 0) is 23.4 Å². The Bertz CT molecular complexity index is 1210. The largest absolute Gasteiger partial charge is 0.465 e. The van der Waals surface area contributed by atoms with Gasteiger partial charge in [0.05, 0.1) is 19.4 Å². The van der Waals surface area contributed by atoms with Gasteiger partial charge in [0.2, 0.25) is 0 Å². The monoisotopic (exact) mass is 608 g/mol. The summed E-state index contributed by atoms with van der Waals surface area (Å²) in [5, 5.41) is 10.8. The molecular weight excluding hydrogens is 583 g/mol. The Morgan fingerprint density at radius 2 is 2.03 bits per heavy atom. The van der Waals surface area contributed by atoms with Gasteiger partial charge in [-0.3, -0.25) is 23.7 Å². The molecule has 2 N–H and O–H groups in total. The minimum atomic E-state index is -3.85. The number of nitrogens with zero attached hydrogens (tertiary/aromatic N) is 1. The van der Waals surface area contributed by atoms with Crippen molar-refractivity contribution in [1.82, 2.24) is 9.55 Å². The number of aromatic amines is 1. The summed E-state index contributed by atoms with van der Waals surface area (Å²) < 4.78 is 35.4. The molecule has 1 saturated heterocycles. The molecule has 0 amide bonds. The first-order chi connectivity index (χ1) is 16.9. The minimum absolute atomic E-state index is 0.0180. The molecule has 14 heteroatoms. The number of carbonyl (C=O) groups is 1. The number of hydrogen-bond donors (Lipinski definition) is 2. The first-order valence-corrected chi connectivity index (χ1v) is 14.0. The number of benzene rings is 1. The van der Waals surface area contributed by atoms with Crippen LogP contribution in [0, 0.1) is 5.92 Å². The van der Waals surface area contributed by atoms with Crippen molar-refractivity contribution in [2.24, 2.45) is 5.92 Å². The Morgan fingerprint density at radius 3 is 2.67 bits per heavy atom. The molecule has 0 saturated carbocycles. The lowest BCUT2D eigenvalue weighted by atomic mass is 10.2. The number of hydrogen-bond acceptors (Lipinski definition) is 9. The molecular formula is C22H27BrClN2O9P. The van der Waals surface area contributed by atoms with Crippen molar-refractivity contribution in [2.75, 3.05) is 19.4 Å². The van der Waals surface area contributed by atoms with Gasteiger partial charge in [-0.25, -0.2) is 9.36 Å². The summed E-state index contributed by atoms with van der Waals surface area (Å²) in [7, 11) is -3.85. The first-order valence-electron chi connectivity index (χ1n) is 11.1. The second-order valence-electron chi connectivity index (χ2n) is 8.30. The van der Waals surface area contributed by atoms with Crippen molar-refractivity contribution < 1.29 is 33.0 Å². The van der Waals surface area contributed by atoms with E-state index in [2.05, 4.69) is 20.9 Å². The molecule has 1 fully saturated rings. The summed E-state index contributed by atoms with van der Waals surface area (Å²) in [6, 6.07) is 9.50. The van der Waals surface area contributed by atoms with Crippen molar-refractivity contribution >= 4 is 41.1 Å². The van der Waals surface area contributed by atoms with Gasteiger partial charge in [0.25, 0.3) is 5.56 Å². The topological polar surface area (TPSA) is 146 Å². The van der Waals surface area contributed by atoms with Crippen molar-refractivity contribution in [1.29, 1.82) is 0 Å². The molecule has 6 atom stereocenters. The maximum atomic E-state index is 13.7. The summed E-state index contributed by atoms with van der Waals surface area (Å²) in [6.45, 7) is 3.02. The van der Waals surface area contributed by atoms with Gasteiger partial charge < -0.3 is 19.1 Å². The molecule has 2 heterocycles. The van der Waals surface area contributed by atoms with Crippen LogP contribution in [0.5, 0.6) is 5.75 Å². The lowest BCUT2D eigenvalue weighted by molar-refractivity contribution is -0.144. The van der Waals surface area contributed by atoms with E-state index in [0.717, 1.165) is 10.6 Å². The second kappa shape index (κ2) is 12.1. The highest BCUT2D eigenvalue weighted by Gasteiger charge is 2.55. The van der Waals surface area contributed by atoms with Crippen LogP contribution in [0.4, 0.5) is 0 Å². The van der Waals surface area contributed by atoms with Gasteiger partial charge in [0.1, 0.15) is 18.0 Å². The number of ether oxygens (including phenoxy) is 2. The van der Waals surface area contributed by atoms with Crippen LogP contribution < -0.4 is 15.8 Å². The molecule has 1 aliphatic heterocycles. The predicted octanol–water partition coefficient (Wildman–Crippen LogP) is 3.00. The van der Waals surface area contributed by atoms with E-state index in [-0.39, 0.29) is 31.1 Å².